The lowest BCUT2D eigenvalue weighted by Crippen LogP contribution is -2.38. The van der Waals surface area contributed by atoms with Crippen molar-refractivity contribution in [2.75, 3.05) is 13.1 Å². The van der Waals surface area contributed by atoms with E-state index >= 15 is 0 Å². The first-order valence-electron chi connectivity index (χ1n) is 6.98. The third kappa shape index (κ3) is 2.51. The molecule has 1 N–H and O–H groups in total. The number of aldehydes is 1. The number of carbonyl (C=O) groups is 2. The summed E-state index contributed by atoms with van der Waals surface area (Å²) in [6, 6.07) is 0.326. The van der Waals surface area contributed by atoms with Gasteiger partial charge < -0.3 is 14.8 Å². The fraction of sp³-hybridized carbons (Fsp3) is 0.500. The van der Waals surface area contributed by atoms with Crippen LogP contribution in [0.1, 0.15) is 29.2 Å². The standard InChI is InChI=1S/C14H18N4O2/c19-10-12-8-16-13-9-17(6-7-18(12)13)14(20)4-3-11-2-1-5-15-11/h3-4,8,10-11,15H,1-2,5-7,9H2/b4-3+. The quantitative estimate of drug-likeness (QED) is 0.638. The number of carbonyl (C=O) groups excluding carboxylic acids is 2. The van der Waals surface area contributed by atoms with Gasteiger partial charge in [0, 0.05) is 25.2 Å². The van der Waals surface area contributed by atoms with Gasteiger partial charge in [-0.2, -0.15) is 0 Å². The van der Waals surface area contributed by atoms with Gasteiger partial charge in [-0.25, -0.2) is 4.98 Å². The number of fused-ring (bicyclic) bond motifs is 1. The van der Waals surface area contributed by atoms with E-state index in [2.05, 4.69) is 10.3 Å². The molecular formula is C14H18N4O2. The molecule has 1 aromatic heterocycles. The molecule has 6 nitrogen and oxygen atoms in total. The molecule has 1 atom stereocenters. The lowest BCUT2D eigenvalue weighted by Gasteiger charge is -2.27. The van der Waals surface area contributed by atoms with E-state index in [1.165, 1.54) is 6.42 Å². The molecular weight excluding hydrogens is 256 g/mol. The Hall–Kier alpha value is -1.95. The van der Waals surface area contributed by atoms with Crippen molar-refractivity contribution in [3.05, 3.63) is 29.9 Å². The van der Waals surface area contributed by atoms with Crippen LogP contribution in [0.3, 0.4) is 0 Å². The summed E-state index contributed by atoms with van der Waals surface area (Å²) in [5, 5.41) is 3.33. The van der Waals surface area contributed by atoms with Crippen LogP contribution in [0.2, 0.25) is 0 Å². The average molecular weight is 274 g/mol. The van der Waals surface area contributed by atoms with E-state index in [0.717, 1.165) is 25.1 Å². The number of nitrogens with one attached hydrogen (secondary N) is 1. The Labute approximate surface area is 117 Å². The second-order valence-electron chi connectivity index (χ2n) is 5.19. The summed E-state index contributed by atoms with van der Waals surface area (Å²) in [6.07, 6.45) is 8.24. The van der Waals surface area contributed by atoms with Crippen LogP contribution in [0.25, 0.3) is 0 Å². The highest BCUT2D eigenvalue weighted by atomic mass is 16.2. The number of hydrogen-bond donors (Lipinski definition) is 1. The largest absolute Gasteiger partial charge is 0.330 e. The molecule has 0 aliphatic carbocycles. The van der Waals surface area contributed by atoms with Gasteiger partial charge in [-0.05, 0) is 19.4 Å². The lowest BCUT2D eigenvalue weighted by molar-refractivity contribution is -0.127. The van der Waals surface area contributed by atoms with Crippen LogP contribution in [0, 0.1) is 0 Å². The normalized spacial score (nSPS) is 22.2. The van der Waals surface area contributed by atoms with Crippen molar-refractivity contribution >= 4 is 12.2 Å². The fourth-order valence-corrected chi connectivity index (χ4v) is 2.75. The molecule has 1 fully saturated rings. The first-order valence-corrected chi connectivity index (χ1v) is 6.98. The van der Waals surface area contributed by atoms with E-state index in [0.29, 0.717) is 31.4 Å². The zero-order valence-corrected chi connectivity index (χ0v) is 11.3. The molecule has 0 spiro atoms. The second-order valence-corrected chi connectivity index (χ2v) is 5.19. The number of rotatable bonds is 3. The molecule has 1 aromatic rings. The summed E-state index contributed by atoms with van der Waals surface area (Å²) in [5.41, 5.74) is 0.581. The molecule has 3 rings (SSSR count). The number of nitrogens with zero attached hydrogens (tertiary/aromatic N) is 3. The Morgan fingerprint density at radius 2 is 2.35 bits per heavy atom. The molecule has 106 valence electrons. The molecule has 2 aliphatic heterocycles. The molecule has 3 heterocycles. The van der Waals surface area contributed by atoms with Crippen molar-refractivity contribution in [2.24, 2.45) is 0 Å². The van der Waals surface area contributed by atoms with Gasteiger partial charge in [0.2, 0.25) is 5.91 Å². The molecule has 20 heavy (non-hydrogen) atoms. The number of imidazole rings is 1. The van der Waals surface area contributed by atoms with Crippen molar-refractivity contribution in [2.45, 2.75) is 32.0 Å². The molecule has 0 saturated carbocycles. The van der Waals surface area contributed by atoms with Gasteiger partial charge in [0.25, 0.3) is 0 Å². The highest BCUT2D eigenvalue weighted by Gasteiger charge is 2.22. The molecule has 0 aromatic carbocycles. The Morgan fingerprint density at radius 3 is 3.10 bits per heavy atom. The predicted molar refractivity (Wildman–Crippen MR) is 73.2 cm³/mol. The average Bonchev–Trinajstić information content (AvgIpc) is 3.13. The van der Waals surface area contributed by atoms with Crippen LogP contribution < -0.4 is 5.32 Å². The molecule has 0 radical (unpaired) electrons. The van der Waals surface area contributed by atoms with Crippen molar-refractivity contribution in [3.63, 3.8) is 0 Å². The van der Waals surface area contributed by atoms with Crippen molar-refractivity contribution < 1.29 is 9.59 Å². The Morgan fingerprint density at radius 1 is 1.45 bits per heavy atom. The fourth-order valence-electron chi connectivity index (χ4n) is 2.75. The van der Waals surface area contributed by atoms with Crippen LogP contribution >= 0.6 is 0 Å². The van der Waals surface area contributed by atoms with E-state index in [1.54, 1.807) is 17.2 Å². The van der Waals surface area contributed by atoms with Gasteiger partial charge in [0.1, 0.15) is 11.5 Å². The van der Waals surface area contributed by atoms with Crippen LogP contribution in [-0.4, -0.2) is 45.8 Å². The van der Waals surface area contributed by atoms with Crippen LogP contribution in [-0.2, 0) is 17.9 Å². The minimum absolute atomic E-state index is 0.0144. The Kier molecular flexibility index (Phi) is 3.64. The van der Waals surface area contributed by atoms with Crippen molar-refractivity contribution in [1.82, 2.24) is 19.8 Å². The molecule has 2 aliphatic rings. The third-order valence-electron chi connectivity index (χ3n) is 3.90. The summed E-state index contributed by atoms with van der Waals surface area (Å²) in [5.74, 6) is 0.791. The highest BCUT2D eigenvalue weighted by Crippen LogP contribution is 2.14. The van der Waals surface area contributed by atoms with E-state index in [9.17, 15) is 9.59 Å². The number of aromatic nitrogens is 2. The van der Waals surface area contributed by atoms with Crippen LogP contribution in [0.5, 0.6) is 0 Å². The maximum atomic E-state index is 12.1. The van der Waals surface area contributed by atoms with Gasteiger partial charge in [0.05, 0.1) is 12.7 Å². The summed E-state index contributed by atoms with van der Waals surface area (Å²) in [6.45, 7) is 2.74. The number of hydrogen-bond acceptors (Lipinski definition) is 4. The van der Waals surface area contributed by atoms with Gasteiger partial charge in [0.15, 0.2) is 6.29 Å². The van der Waals surface area contributed by atoms with Gasteiger partial charge >= 0.3 is 0 Å². The third-order valence-corrected chi connectivity index (χ3v) is 3.90. The molecule has 6 heteroatoms. The lowest BCUT2D eigenvalue weighted by atomic mass is 10.2. The van der Waals surface area contributed by atoms with Crippen LogP contribution in [0.15, 0.2) is 18.3 Å². The van der Waals surface area contributed by atoms with E-state index in [-0.39, 0.29) is 5.91 Å². The molecule has 1 amide bonds. The zero-order valence-electron chi connectivity index (χ0n) is 11.3. The Bertz CT molecular complexity index is 543. The zero-order chi connectivity index (χ0) is 13.9. The maximum Gasteiger partial charge on any atom is 0.246 e. The Balaban J connectivity index is 1.64. The minimum Gasteiger partial charge on any atom is -0.330 e. The van der Waals surface area contributed by atoms with Gasteiger partial charge in [-0.15, -0.1) is 0 Å². The highest BCUT2D eigenvalue weighted by molar-refractivity contribution is 5.87. The SMILES string of the molecule is O=Cc1cnc2n1CCN(C(=O)/C=C/C1CCCN1)C2. The molecule has 1 saturated heterocycles. The summed E-state index contributed by atoms with van der Waals surface area (Å²) in [4.78, 5) is 29.0. The summed E-state index contributed by atoms with van der Waals surface area (Å²) >= 11 is 0. The monoisotopic (exact) mass is 274 g/mol. The van der Waals surface area contributed by atoms with Crippen LogP contribution in [0.4, 0.5) is 0 Å². The smallest absolute Gasteiger partial charge is 0.246 e. The van der Waals surface area contributed by atoms with Gasteiger partial charge in [-0.1, -0.05) is 6.08 Å². The first kappa shape index (κ1) is 13.1. The minimum atomic E-state index is 0.0144. The maximum absolute atomic E-state index is 12.1. The first-order chi connectivity index (χ1) is 9.78. The summed E-state index contributed by atoms with van der Waals surface area (Å²) < 4.78 is 1.87. The number of amides is 1. The van der Waals surface area contributed by atoms with Crippen molar-refractivity contribution in [3.8, 4) is 0 Å². The second kappa shape index (κ2) is 5.58. The van der Waals surface area contributed by atoms with E-state index < -0.39 is 0 Å². The van der Waals surface area contributed by atoms with E-state index in [4.69, 9.17) is 0 Å². The van der Waals surface area contributed by atoms with Gasteiger partial charge in [-0.3, -0.25) is 9.59 Å². The topological polar surface area (TPSA) is 67.2 Å². The van der Waals surface area contributed by atoms with E-state index in [1.807, 2.05) is 10.6 Å². The predicted octanol–water partition coefficient (Wildman–Crippen LogP) is 0.346. The summed E-state index contributed by atoms with van der Waals surface area (Å²) in [7, 11) is 0. The molecule has 1 unspecified atom stereocenters. The molecule has 0 bridgehead atoms. The van der Waals surface area contributed by atoms with Crippen molar-refractivity contribution in [1.29, 1.82) is 0 Å².